The Morgan fingerprint density at radius 3 is 2.48 bits per heavy atom. The molecule has 0 saturated heterocycles. The average molecular weight is 326 g/mol. The van der Waals surface area contributed by atoms with Crippen LogP contribution in [0.1, 0.15) is 11.1 Å². The summed E-state index contributed by atoms with van der Waals surface area (Å²) in [5.41, 5.74) is 1.83. The van der Waals surface area contributed by atoms with E-state index in [9.17, 15) is 8.42 Å². The first-order valence-corrected chi connectivity index (χ1v) is 8.13. The molecule has 112 valence electrons. The van der Waals surface area contributed by atoms with Gasteiger partial charge < -0.3 is 4.74 Å². The zero-order valence-electron chi connectivity index (χ0n) is 12.0. The van der Waals surface area contributed by atoms with Crippen LogP contribution in [0.3, 0.4) is 0 Å². The SMILES string of the molecule is COc1ccc(Cl)c(NS(=O)(=O)c2cc(C)ccc2C)c1. The van der Waals surface area contributed by atoms with E-state index < -0.39 is 10.0 Å². The summed E-state index contributed by atoms with van der Waals surface area (Å²) in [4.78, 5) is 0.237. The van der Waals surface area contributed by atoms with Gasteiger partial charge in [-0.15, -0.1) is 0 Å². The van der Waals surface area contributed by atoms with E-state index in [1.165, 1.54) is 7.11 Å². The molecule has 2 aromatic carbocycles. The lowest BCUT2D eigenvalue weighted by molar-refractivity contribution is 0.415. The van der Waals surface area contributed by atoms with Gasteiger partial charge in [0.25, 0.3) is 10.0 Å². The van der Waals surface area contributed by atoms with Crippen LogP contribution in [-0.4, -0.2) is 15.5 Å². The normalized spacial score (nSPS) is 11.2. The molecular formula is C15H16ClNO3S. The summed E-state index contributed by atoms with van der Waals surface area (Å²) in [6.07, 6.45) is 0. The Morgan fingerprint density at radius 2 is 1.81 bits per heavy atom. The minimum atomic E-state index is -3.70. The van der Waals surface area contributed by atoms with Crippen molar-refractivity contribution in [2.75, 3.05) is 11.8 Å². The Morgan fingerprint density at radius 1 is 1.10 bits per heavy atom. The number of hydrogen-bond donors (Lipinski definition) is 1. The van der Waals surface area contributed by atoms with Crippen LogP contribution in [-0.2, 0) is 10.0 Å². The third-order valence-corrected chi connectivity index (χ3v) is 4.89. The molecular weight excluding hydrogens is 310 g/mol. The summed E-state index contributed by atoms with van der Waals surface area (Å²) in [5.74, 6) is 0.526. The molecule has 0 heterocycles. The fourth-order valence-electron chi connectivity index (χ4n) is 1.91. The van der Waals surface area contributed by atoms with Crippen LogP contribution < -0.4 is 9.46 Å². The van der Waals surface area contributed by atoms with E-state index in [1.807, 2.05) is 13.0 Å². The van der Waals surface area contributed by atoms with E-state index in [2.05, 4.69) is 4.72 Å². The molecule has 2 aromatic rings. The van der Waals surface area contributed by atoms with Gasteiger partial charge in [-0.2, -0.15) is 0 Å². The number of hydrogen-bond acceptors (Lipinski definition) is 3. The van der Waals surface area contributed by atoms with E-state index in [0.717, 1.165) is 5.56 Å². The van der Waals surface area contributed by atoms with Crippen LogP contribution in [0.15, 0.2) is 41.3 Å². The number of anilines is 1. The van der Waals surface area contributed by atoms with Gasteiger partial charge in [-0.25, -0.2) is 8.42 Å². The lowest BCUT2D eigenvalue weighted by Crippen LogP contribution is -2.14. The van der Waals surface area contributed by atoms with Gasteiger partial charge >= 0.3 is 0 Å². The number of aryl methyl sites for hydroxylation is 2. The molecule has 21 heavy (non-hydrogen) atoms. The highest BCUT2D eigenvalue weighted by atomic mass is 35.5. The van der Waals surface area contributed by atoms with Crippen molar-refractivity contribution in [2.24, 2.45) is 0 Å². The van der Waals surface area contributed by atoms with E-state index in [1.54, 1.807) is 37.3 Å². The first-order valence-electron chi connectivity index (χ1n) is 6.27. The molecule has 0 aliphatic carbocycles. The highest BCUT2D eigenvalue weighted by Crippen LogP contribution is 2.29. The number of rotatable bonds is 4. The maximum atomic E-state index is 12.5. The number of sulfonamides is 1. The number of ether oxygens (including phenoxy) is 1. The van der Waals surface area contributed by atoms with Crippen molar-refractivity contribution in [3.8, 4) is 5.75 Å². The van der Waals surface area contributed by atoms with Gasteiger partial charge in [0.05, 0.1) is 22.7 Å². The smallest absolute Gasteiger partial charge is 0.262 e. The van der Waals surface area contributed by atoms with Gasteiger partial charge in [-0.1, -0.05) is 23.7 Å². The molecule has 0 saturated carbocycles. The monoisotopic (exact) mass is 325 g/mol. The lowest BCUT2D eigenvalue weighted by Gasteiger charge is -2.13. The predicted octanol–water partition coefficient (Wildman–Crippen LogP) is 3.77. The number of nitrogens with one attached hydrogen (secondary N) is 1. The minimum absolute atomic E-state index is 0.237. The van der Waals surface area contributed by atoms with Crippen LogP contribution in [0, 0.1) is 13.8 Å². The summed E-state index contributed by atoms with van der Waals surface area (Å²) >= 11 is 6.04. The quantitative estimate of drug-likeness (QED) is 0.931. The molecule has 0 fully saturated rings. The standard InChI is InChI=1S/C15H16ClNO3S/c1-10-4-5-11(2)15(8-10)21(18,19)17-14-9-12(20-3)6-7-13(14)16/h4-9,17H,1-3H3. The average Bonchev–Trinajstić information content (AvgIpc) is 2.43. The Bertz CT molecular complexity index is 772. The van der Waals surface area contributed by atoms with Crippen molar-refractivity contribution >= 4 is 27.3 Å². The highest BCUT2D eigenvalue weighted by Gasteiger charge is 2.18. The van der Waals surface area contributed by atoms with Crippen molar-refractivity contribution in [3.05, 3.63) is 52.5 Å². The van der Waals surface area contributed by atoms with Crippen molar-refractivity contribution < 1.29 is 13.2 Å². The second-order valence-corrected chi connectivity index (χ2v) is 6.78. The minimum Gasteiger partial charge on any atom is -0.497 e. The maximum absolute atomic E-state index is 12.5. The van der Waals surface area contributed by atoms with E-state index in [0.29, 0.717) is 16.3 Å². The molecule has 0 atom stereocenters. The largest absolute Gasteiger partial charge is 0.497 e. The van der Waals surface area contributed by atoms with Gasteiger partial charge in [0.15, 0.2) is 0 Å². The Hall–Kier alpha value is -1.72. The fourth-order valence-corrected chi connectivity index (χ4v) is 3.53. The van der Waals surface area contributed by atoms with Crippen molar-refractivity contribution in [1.29, 1.82) is 0 Å². The van der Waals surface area contributed by atoms with Crippen LogP contribution >= 0.6 is 11.6 Å². The third kappa shape index (κ3) is 3.49. The molecule has 6 heteroatoms. The number of methoxy groups -OCH3 is 1. The van der Waals surface area contributed by atoms with E-state index >= 15 is 0 Å². The van der Waals surface area contributed by atoms with Crippen LogP contribution in [0.25, 0.3) is 0 Å². The first-order chi connectivity index (χ1) is 9.83. The first kappa shape index (κ1) is 15.7. The molecule has 0 bridgehead atoms. The third-order valence-electron chi connectivity index (χ3n) is 3.05. The Labute approximate surface area is 129 Å². The van der Waals surface area contributed by atoms with Crippen molar-refractivity contribution in [3.63, 3.8) is 0 Å². The summed E-state index contributed by atoms with van der Waals surface area (Å²) in [6.45, 7) is 3.60. The molecule has 2 rings (SSSR count). The zero-order chi connectivity index (χ0) is 15.6. The van der Waals surface area contributed by atoms with Gasteiger partial charge in [0.2, 0.25) is 0 Å². The molecule has 0 aromatic heterocycles. The van der Waals surface area contributed by atoms with Crippen LogP contribution in [0.4, 0.5) is 5.69 Å². The molecule has 1 N–H and O–H groups in total. The lowest BCUT2D eigenvalue weighted by atomic mass is 10.2. The van der Waals surface area contributed by atoms with Gasteiger partial charge in [-0.05, 0) is 43.2 Å². The summed E-state index contributed by atoms with van der Waals surface area (Å²) in [5, 5.41) is 0.310. The van der Waals surface area contributed by atoms with E-state index in [4.69, 9.17) is 16.3 Å². The molecule has 0 radical (unpaired) electrons. The Kier molecular flexibility index (Phi) is 4.44. The molecule has 0 unspecified atom stereocenters. The fraction of sp³-hybridized carbons (Fsp3) is 0.200. The van der Waals surface area contributed by atoms with Crippen LogP contribution in [0.5, 0.6) is 5.75 Å². The molecule has 0 aliphatic rings. The summed E-state index contributed by atoms with van der Waals surface area (Å²) in [7, 11) is -2.20. The molecule has 0 amide bonds. The topological polar surface area (TPSA) is 55.4 Å². The molecule has 0 aliphatic heterocycles. The zero-order valence-corrected chi connectivity index (χ0v) is 13.5. The maximum Gasteiger partial charge on any atom is 0.262 e. The second-order valence-electron chi connectivity index (χ2n) is 4.72. The summed E-state index contributed by atoms with van der Waals surface area (Å²) < 4.78 is 32.6. The van der Waals surface area contributed by atoms with Gasteiger partial charge in [-0.3, -0.25) is 4.72 Å². The highest BCUT2D eigenvalue weighted by molar-refractivity contribution is 7.92. The van der Waals surface area contributed by atoms with Gasteiger partial charge in [0, 0.05) is 6.07 Å². The second kappa shape index (κ2) is 5.95. The number of halogens is 1. The summed E-state index contributed by atoms with van der Waals surface area (Å²) in [6, 6.07) is 10.1. The number of benzene rings is 2. The van der Waals surface area contributed by atoms with Crippen LogP contribution in [0.2, 0.25) is 5.02 Å². The Balaban J connectivity index is 2.44. The van der Waals surface area contributed by atoms with Gasteiger partial charge in [0.1, 0.15) is 5.75 Å². The predicted molar refractivity (Wildman–Crippen MR) is 84.7 cm³/mol. The van der Waals surface area contributed by atoms with E-state index in [-0.39, 0.29) is 10.6 Å². The molecule has 0 spiro atoms. The van der Waals surface area contributed by atoms with Crippen molar-refractivity contribution in [2.45, 2.75) is 18.7 Å². The van der Waals surface area contributed by atoms with Crippen molar-refractivity contribution in [1.82, 2.24) is 0 Å². The molecule has 4 nitrogen and oxygen atoms in total.